The maximum atomic E-state index is 12.1. The van der Waals surface area contributed by atoms with Crippen LogP contribution >= 0.6 is 11.3 Å². The Balaban J connectivity index is 1.74. The summed E-state index contributed by atoms with van der Waals surface area (Å²) in [6.07, 6.45) is 4.89. The molecule has 1 aromatic heterocycles. The highest BCUT2D eigenvalue weighted by atomic mass is 32.1. The highest BCUT2D eigenvalue weighted by Crippen LogP contribution is 2.24. The molecule has 1 aliphatic carbocycles. The number of carbonyl (C=O) groups is 1. The molecule has 1 aliphatic rings. The average Bonchev–Trinajstić information content (AvgIpc) is 2.92. The van der Waals surface area contributed by atoms with E-state index in [1.54, 1.807) is 11.3 Å². The Morgan fingerprint density at radius 1 is 1.47 bits per heavy atom. The number of rotatable bonds is 5. The zero-order chi connectivity index (χ0) is 13.7. The first-order valence-electron chi connectivity index (χ1n) is 7.12. The molecule has 106 valence electrons. The van der Waals surface area contributed by atoms with Gasteiger partial charge in [-0.15, -0.1) is 11.3 Å². The molecule has 1 aromatic rings. The second-order valence-corrected chi connectivity index (χ2v) is 6.63. The van der Waals surface area contributed by atoms with Crippen molar-refractivity contribution in [2.75, 3.05) is 6.61 Å². The van der Waals surface area contributed by atoms with E-state index >= 15 is 0 Å². The fraction of sp³-hybridized carbons (Fsp3) is 0.667. The van der Waals surface area contributed by atoms with Gasteiger partial charge in [-0.25, -0.2) is 0 Å². The lowest BCUT2D eigenvalue weighted by molar-refractivity contribution is -0.125. The van der Waals surface area contributed by atoms with Crippen LogP contribution in [0.15, 0.2) is 17.5 Å². The van der Waals surface area contributed by atoms with Crippen LogP contribution < -0.4 is 5.32 Å². The summed E-state index contributed by atoms with van der Waals surface area (Å²) < 4.78 is 0. The number of nitrogens with one attached hydrogen (secondary N) is 1. The molecule has 4 heteroatoms. The van der Waals surface area contributed by atoms with Crippen molar-refractivity contribution >= 4 is 17.2 Å². The first-order valence-corrected chi connectivity index (χ1v) is 8.00. The van der Waals surface area contributed by atoms with Crippen LogP contribution in [0.5, 0.6) is 0 Å². The van der Waals surface area contributed by atoms with Gasteiger partial charge < -0.3 is 10.4 Å². The number of aliphatic hydroxyl groups excluding tert-OH is 1. The lowest BCUT2D eigenvalue weighted by atomic mass is 9.86. The van der Waals surface area contributed by atoms with Gasteiger partial charge in [-0.05, 0) is 49.5 Å². The highest BCUT2D eigenvalue weighted by molar-refractivity contribution is 7.09. The third-order valence-corrected chi connectivity index (χ3v) is 4.89. The summed E-state index contributed by atoms with van der Waals surface area (Å²) in [5, 5.41) is 14.3. The number of hydrogen-bond acceptors (Lipinski definition) is 3. The zero-order valence-corrected chi connectivity index (χ0v) is 12.3. The van der Waals surface area contributed by atoms with E-state index in [9.17, 15) is 4.79 Å². The Bertz CT molecular complexity index is 383. The van der Waals surface area contributed by atoms with Crippen LogP contribution in [0.1, 0.15) is 37.5 Å². The first-order chi connectivity index (χ1) is 9.19. The molecule has 0 bridgehead atoms. The first kappa shape index (κ1) is 14.5. The fourth-order valence-corrected chi connectivity index (χ4v) is 3.49. The lowest BCUT2D eigenvalue weighted by Crippen LogP contribution is -2.41. The molecule has 0 radical (unpaired) electrons. The van der Waals surface area contributed by atoms with Crippen molar-refractivity contribution in [1.29, 1.82) is 0 Å². The molecule has 1 amide bonds. The monoisotopic (exact) mass is 281 g/mol. The molecule has 1 atom stereocenters. The van der Waals surface area contributed by atoms with Crippen molar-refractivity contribution in [1.82, 2.24) is 5.32 Å². The molecule has 1 heterocycles. The van der Waals surface area contributed by atoms with Gasteiger partial charge in [0, 0.05) is 23.4 Å². The molecule has 2 rings (SSSR count). The predicted octanol–water partition coefficient (Wildman–Crippen LogP) is 2.59. The molecular formula is C15H23NO2S. The zero-order valence-electron chi connectivity index (χ0n) is 11.5. The number of aliphatic hydroxyl groups is 1. The van der Waals surface area contributed by atoms with Crippen LogP contribution in [0.4, 0.5) is 0 Å². The molecule has 1 saturated carbocycles. The quantitative estimate of drug-likeness (QED) is 0.871. The Kier molecular flexibility index (Phi) is 5.40. The Hall–Kier alpha value is -0.870. The van der Waals surface area contributed by atoms with Gasteiger partial charge in [-0.1, -0.05) is 13.0 Å². The van der Waals surface area contributed by atoms with E-state index in [-0.39, 0.29) is 18.4 Å². The van der Waals surface area contributed by atoms with Gasteiger partial charge in [0.25, 0.3) is 0 Å². The molecule has 3 nitrogen and oxygen atoms in total. The number of carbonyl (C=O) groups excluding carboxylic acids is 1. The summed E-state index contributed by atoms with van der Waals surface area (Å²) in [5.74, 6) is 0.645. The Labute approximate surface area is 119 Å². The summed E-state index contributed by atoms with van der Waals surface area (Å²) in [6.45, 7) is 2.28. The van der Waals surface area contributed by atoms with Crippen molar-refractivity contribution in [3.05, 3.63) is 22.4 Å². The topological polar surface area (TPSA) is 49.3 Å². The van der Waals surface area contributed by atoms with Crippen molar-refractivity contribution in [3.8, 4) is 0 Å². The van der Waals surface area contributed by atoms with Gasteiger partial charge in [-0.2, -0.15) is 0 Å². The number of amides is 1. The third kappa shape index (κ3) is 4.32. The van der Waals surface area contributed by atoms with Crippen molar-refractivity contribution in [2.45, 2.75) is 45.1 Å². The second-order valence-electron chi connectivity index (χ2n) is 5.59. The van der Waals surface area contributed by atoms with E-state index in [2.05, 4.69) is 16.8 Å². The SMILES string of the molecule is CC(Cc1cccs1)C(=O)NC1CCC(CO)CC1. The molecular weight excluding hydrogens is 258 g/mol. The highest BCUT2D eigenvalue weighted by Gasteiger charge is 2.23. The second kappa shape index (κ2) is 7.06. The Morgan fingerprint density at radius 3 is 2.79 bits per heavy atom. The van der Waals surface area contributed by atoms with Crippen LogP contribution in [0.3, 0.4) is 0 Å². The van der Waals surface area contributed by atoms with Crippen molar-refractivity contribution in [2.24, 2.45) is 11.8 Å². The summed E-state index contributed by atoms with van der Waals surface area (Å²) in [5.41, 5.74) is 0. The van der Waals surface area contributed by atoms with E-state index in [0.29, 0.717) is 12.0 Å². The Morgan fingerprint density at radius 2 is 2.21 bits per heavy atom. The molecule has 0 saturated heterocycles. The van der Waals surface area contributed by atoms with E-state index in [1.165, 1.54) is 4.88 Å². The van der Waals surface area contributed by atoms with E-state index in [0.717, 1.165) is 32.1 Å². The summed E-state index contributed by atoms with van der Waals surface area (Å²) in [6, 6.07) is 4.42. The smallest absolute Gasteiger partial charge is 0.223 e. The average molecular weight is 281 g/mol. The van der Waals surface area contributed by atoms with Crippen molar-refractivity contribution in [3.63, 3.8) is 0 Å². The van der Waals surface area contributed by atoms with Gasteiger partial charge in [-0.3, -0.25) is 4.79 Å². The van der Waals surface area contributed by atoms with Crippen LogP contribution in [0.25, 0.3) is 0 Å². The molecule has 2 N–H and O–H groups in total. The molecule has 1 fully saturated rings. The molecule has 0 spiro atoms. The predicted molar refractivity (Wildman–Crippen MR) is 78.2 cm³/mol. The molecule has 0 aromatic carbocycles. The minimum atomic E-state index is 0.0363. The molecule has 0 aliphatic heterocycles. The van der Waals surface area contributed by atoms with Gasteiger partial charge in [0.1, 0.15) is 0 Å². The van der Waals surface area contributed by atoms with Gasteiger partial charge in [0.2, 0.25) is 5.91 Å². The van der Waals surface area contributed by atoms with E-state index in [4.69, 9.17) is 5.11 Å². The van der Waals surface area contributed by atoms with Crippen molar-refractivity contribution < 1.29 is 9.90 Å². The normalized spacial score (nSPS) is 24.9. The lowest BCUT2D eigenvalue weighted by Gasteiger charge is -2.28. The fourth-order valence-electron chi connectivity index (χ4n) is 2.66. The van der Waals surface area contributed by atoms with Crippen LogP contribution in [0.2, 0.25) is 0 Å². The summed E-state index contributed by atoms with van der Waals surface area (Å²) >= 11 is 1.71. The largest absolute Gasteiger partial charge is 0.396 e. The van der Waals surface area contributed by atoms with Crippen LogP contribution in [-0.2, 0) is 11.2 Å². The van der Waals surface area contributed by atoms with Gasteiger partial charge >= 0.3 is 0 Å². The standard InChI is InChI=1S/C15H23NO2S/c1-11(9-14-3-2-8-19-14)15(18)16-13-6-4-12(10-17)5-7-13/h2-3,8,11-13,17H,4-7,9-10H2,1H3,(H,16,18). The van der Waals surface area contributed by atoms with Crippen LogP contribution in [-0.4, -0.2) is 23.7 Å². The maximum absolute atomic E-state index is 12.1. The molecule has 19 heavy (non-hydrogen) atoms. The van der Waals surface area contributed by atoms with E-state index < -0.39 is 0 Å². The summed E-state index contributed by atoms with van der Waals surface area (Å²) in [7, 11) is 0. The minimum Gasteiger partial charge on any atom is -0.396 e. The maximum Gasteiger partial charge on any atom is 0.223 e. The molecule has 1 unspecified atom stereocenters. The van der Waals surface area contributed by atoms with Crippen LogP contribution in [0, 0.1) is 11.8 Å². The minimum absolute atomic E-state index is 0.0363. The summed E-state index contributed by atoms with van der Waals surface area (Å²) in [4.78, 5) is 13.4. The number of hydrogen-bond donors (Lipinski definition) is 2. The van der Waals surface area contributed by atoms with Gasteiger partial charge in [0.15, 0.2) is 0 Å². The van der Waals surface area contributed by atoms with E-state index in [1.807, 2.05) is 13.0 Å². The number of thiophene rings is 1. The third-order valence-electron chi connectivity index (χ3n) is 3.99. The van der Waals surface area contributed by atoms with Gasteiger partial charge in [0.05, 0.1) is 0 Å².